The van der Waals surface area contributed by atoms with Crippen LogP contribution in [0.3, 0.4) is 0 Å². The molecule has 4 rings (SSSR count). The van der Waals surface area contributed by atoms with Crippen LogP contribution in [0.1, 0.15) is 54.0 Å². The molecule has 4 heteroatoms. The van der Waals surface area contributed by atoms with E-state index in [1.54, 1.807) is 11.3 Å². The van der Waals surface area contributed by atoms with Gasteiger partial charge in [0.15, 0.2) is 5.78 Å². The molecule has 2 aliphatic rings. The van der Waals surface area contributed by atoms with Gasteiger partial charge in [0.05, 0.1) is 0 Å². The van der Waals surface area contributed by atoms with Crippen LogP contribution in [0.15, 0.2) is 53.0 Å². The van der Waals surface area contributed by atoms with Crippen LogP contribution in [0.5, 0.6) is 0 Å². The monoisotopic (exact) mass is 351 g/mol. The molecule has 2 heterocycles. The van der Waals surface area contributed by atoms with Gasteiger partial charge in [-0.05, 0) is 41.3 Å². The molecule has 1 aliphatic carbocycles. The smallest absolute Gasteiger partial charge is 0.225 e. The van der Waals surface area contributed by atoms with Crippen molar-refractivity contribution >= 4 is 23.0 Å². The van der Waals surface area contributed by atoms with E-state index in [1.165, 1.54) is 11.1 Å². The fourth-order valence-electron chi connectivity index (χ4n) is 3.95. The lowest BCUT2D eigenvalue weighted by Gasteiger charge is -2.34. The van der Waals surface area contributed by atoms with Crippen molar-refractivity contribution < 1.29 is 9.59 Å². The van der Waals surface area contributed by atoms with Crippen LogP contribution in [0, 0.1) is 0 Å². The molecule has 0 saturated heterocycles. The van der Waals surface area contributed by atoms with Crippen LogP contribution in [0.4, 0.5) is 0 Å². The van der Waals surface area contributed by atoms with E-state index in [4.69, 9.17) is 0 Å². The Bertz CT molecular complexity index is 833. The fourth-order valence-corrected chi connectivity index (χ4v) is 4.79. The van der Waals surface area contributed by atoms with Gasteiger partial charge in [0.25, 0.3) is 0 Å². The Kier molecular flexibility index (Phi) is 4.30. The minimum absolute atomic E-state index is 0.0203. The number of aryl methyl sites for hydroxylation is 1. The van der Waals surface area contributed by atoms with Gasteiger partial charge < -0.3 is 5.32 Å². The van der Waals surface area contributed by atoms with E-state index in [2.05, 4.69) is 36.5 Å². The number of nitrogens with one attached hydrogen (secondary N) is 1. The first-order chi connectivity index (χ1) is 12.2. The number of thiophene rings is 1. The van der Waals surface area contributed by atoms with Gasteiger partial charge in [0, 0.05) is 34.9 Å². The summed E-state index contributed by atoms with van der Waals surface area (Å²) < 4.78 is 0. The van der Waals surface area contributed by atoms with E-state index < -0.39 is 0 Å². The Hall–Kier alpha value is -2.20. The molecule has 1 aromatic heterocycles. The minimum atomic E-state index is -0.0698. The molecule has 1 aliphatic heterocycles. The fraction of sp³-hybridized carbons (Fsp3) is 0.333. The number of benzene rings is 1. The van der Waals surface area contributed by atoms with E-state index >= 15 is 0 Å². The quantitative estimate of drug-likeness (QED) is 0.895. The lowest BCUT2D eigenvalue weighted by atomic mass is 9.75. The predicted molar refractivity (Wildman–Crippen MR) is 99.6 cm³/mol. The van der Waals surface area contributed by atoms with Gasteiger partial charge in [0.2, 0.25) is 5.91 Å². The summed E-state index contributed by atoms with van der Waals surface area (Å²) in [6.45, 7) is 2.14. The third kappa shape index (κ3) is 3.07. The van der Waals surface area contributed by atoms with E-state index in [0.717, 1.165) is 29.0 Å². The summed E-state index contributed by atoms with van der Waals surface area (Å²) in [5.74, 6) is 0.287. The number of ketones is 1. The van der Waals surface area contributed by atoms with Crippen molar-refractivity contribution in [1.82, 2.24) is 5.32 Å². The molecule has 0 fully saturated rings. The molecule has 2 unspecified atom stereocenters. The molecule has 0 radical (unpaired) electrons. The van der Waals surface area contributed by atoms with Crippen LogP contribution >= 0.6 is 11.3 Å². The summed E-state index contributed by atoms with van der Waals surface area (Å²) in [6.07, 6.45) is 2.65. The zero-order valence-electron chi connectivity index (χ0n) is 14.2. The van der Waals surface area contributed by atoms with Gasteiger partial charge >= 0.3 is 0 Å². The second-order valence-electron chi connectivity index (χ2n) is 6.84. The average molecular weight is 351 g/mol. The van der Waals surface area contributed by atoms with Crippen molar-refractivity contribution in [1.29, 1.82) is 0 Å². The zero-order chi connectivity index (χ0) is 17.4. The highest BCUT2D eigenvalue weighted by atomic mass is 32.1. The number of amides is 1. The molecule has 1 aromatic carbocycles. The molecule has 2 atom stereocenters. The van der Waals surface area contributed by atoms with E-state index in [1.807, 2.05) is 17.5 Å². The van der Waals surface area contributed by atoms with E-state index in [-0.39, 0.29) is 23.5 Å². The lowest BCUT2D eigenvalue weighted by molar-refractivity contribution is -0.122. The topological polar surface area (TPSA) is 46.2 Å². The van der Waals surface area contributed by atoms with Crippen molar-refractivity contribution in [2.45, 2.75) is 44.4 Å². The first kappa shape index (κ1) is 16.3. The number of Topliss-reactive ketones (excluding diaryl/α,β-unsaturated/α-hetero) is 1. The molecule has 2 aromatic rings. The summed E-state index contributed by atoms with van der Waals surface area (Å²) in [5, 5.41) is 4.99. The molecule has 3 nitrogen and oxygen atoms in total. The van der Waals surface area contributed by atoms with Gasteiger partial charge in [-0.15, -0.1) is 11.3 Å². The molecule has 0 bridgehead atoms. The highest BCUT2D eigenvalue weighted by Gasteiger charge is 2.38. The summed E-state index contributed by atoms with van der Waals surface area (Å²) in [4.78, 5) is 26.3. The standard InChI is InChI=1S/C21H21NO2S/c1-2-13-5-7-14(8-6-13)15-10-17-21(18(23)11-15)16(12-20(24)22-17)19-4-3-9-25-19/h3-9,15-16H,2,10-12H2,1H3,(H,22,24). The SMILES string of the molecule is CCc1ccc(C2CC(=O)C3=C(C2)NC(=O)CC3c2cccs2)cc1. The molecule has 1 N–H and O–H groups in total. The summed E-state index contributed by atoms with van der Waals surface area (Å²) in [6, 6.07) is 12.5. The minimum Gasteiger partial charge on any atom is -0.329 e. The van der Waals surface area contributed by atoms with E-state index in [9.17, 15) is 9.59 Å². The second-order valence-corrected chi connectivity index (χ2v) is 7.82. The van der Waals surface area contributed by atoms with Crippen LogP contribution in [-0.4, -0.2) is 11.7 Å². The first-order valence-electron chi connectivity index (χ1n) is 8.84. The van der Waals surface area contributed by atoms with Crippen molar-refractivity contribution in [3.8, 4) is 0 Å². The normalized spacial score (nSPS) is 23.4. The third-order valence-corrected chi connectivity index (χ3v) is 6.27. The largest absolute Gasteiger partial charge is 0.329 e. The van der Waals surface area contributed by atoms with Crippen LogP contribution in [0.2, 0.25) is 0 Å². The zero-order valence-corrected chi connectivity index (χ0v) is 15.1. The van der Waals surface area contributed by atoms with Gasteiger partial charge in [-0.1, -0.05) is 37.3 Å². The summed E-state index contributed by atoms with van der Waals surface area (Å²) >= 11 is 1.62. The van der Waals surface area contributed by atoms with Crippen LogP contribution in [0.25, 0.3) is 0 Å². The number of carbonyl (C=O) groups excluding carboxylic acids is 2. The van der Waals surface area contributed by atoms with E-state index in [0.29, 0.717) is 12.8 Å². The Balaban J connectivity index is 1.67. The highest BCUT2D eigenvalue weighted by Crippen LogP contribution is 2.43. The van der Waals surface area contributed by atoms with Crippen molar-refractivity contribution in [3.63, 3.8) is 0 Å². The Labute approximate surface area is 151 Å². The van der Waals surface area contributed by atoms with Gasteiger partial charge in [0.1, 0.15) is 0 Å². The van der Waals surface area contributed by atoms with Crippen molar-refractivity contribution in [2.75, 3.05) is 0 Å². The molecule has 0 spiro atoms. The number of hydrogen-bond acceptors (Lipinski definition) is 3. The first-order valence-corrected chi connectivity index (χ1v) is 9.72. The summed E-state index contributed by atoms with van der Waals surface area (Å²) in [5.41, 5.74) is 4.16. The lowest BCUT2D eigenvalue weighted by Crippen LogP contribution is -2.37. The van der Waals surface area contributed by atoms with Crippen LogP contribution < -0.4 is 5.32 Å². The third-order valence-electron chi connectivity index (χ3n) is 5.28. The van der Waals surface area contributed by atoms with Crippen molar-refractivity contribution in [2.24, 2.45) is 0 Å². The Morgan fingerprint density at radius 3 is 2.56 bits per heavy atom. The molecular weight excluding hydrogens is 330 g/mol. The molecular formula is C21H21NO2S. The maximum Gasteiger partial charge on any atom is 0.225 e. The number of allylic oxidation sites excluding steroid dienone is 2. The Morgan fingerprint density at radius 2 is 1.88 bits per heavy atom. The summed E-state index contributed by atoms with van der Waals surface area (Å²) in [7, 11) is 0. The maximum absolute atomic E-state index is 12.9. The Morgan fingerprint density at radius 1 is 1.08 bits per heavy atom. The maximum atomic E-state index is 12.9. The highest BCUT2D eigenvalue weighted by molar-refractivity contribution is 7.10. The predicted octanol–water partition coefficient (Wildman–Crippen LogP) is 4.31. The van der Waals surface area contributed by atoms with Gasteiger partial charge in [-0.3, -0.25) is 9.59 Å². The van der Waals surface area contributed by atoms with Crippen LogP contribution in [-0.2, 0) is 16.0 Å². The van der Waals surface area contributed by atoms with Gasteiger partial charge in [-0.25, -0.2) is 0 Å². The number of hydrogen-bond donors (Lipinski definition) is 1. The number of rotatable bonds is 3. The molecule has 0 saturated carbocycles. The molecule has 25 heavy (non-hydrogen) atoms. The second kappa shape index (κ2) is 6.60. The van der Waals surface area contributed by atoms with Crippen molar-refractivity contribution in [3.05, 3.63) is 69.1 Å². The van der Waals surface area contributed by atoms with Gasteiger partial charge in [-0.2, -0.15) is 0 Å². The molecule has 128 valence electrons. The molecule has 1 amide bonds. The number of carbonyl (C=O) groups is 2. The average Bonchev–Trinajstić information content (AvgIpc) is 3.15.